The molecule has 8 heteroatoms. The first-order valence-corrected chi connectivity index (χ1v) is 10.6. The number of ether oxygens (including phenoxy) is 1. The van der Waals surface area contributed by atoms with Crippen LogP contribution >= 0.6 is 0 Å². The first-order chi connectivity index (χ1) is 15.5. The number of nitrogens with zero attached hydrogens (tertiary/aromatic N) is 1. The summed E-state index contributed by atoms with van der Waals surface area (Å²) in [5.41, 5.74) is 8.17. The molecule has 3 amide bonds. The molecule has 0 unspecified atom stereocenters. The van der Waals surface area contributed by atoms with E-state index in [2.05, 4.69) is 10.3 Å². The maximum absolute atomic E-state index is 13.4. The summed E-state index contributed by atoms with van der Waals surface area (Å²) < 4.78 is 5.33. The highest BCUT2D eigenvalue weighted by molar-refractivity contribution is 5.92. The molecule has 8 nitrogen and oxygen atoms in total. The minimum Gasteiger partial charge on any atom is -0.445 e. The number of carbonyl (C=O) groups excluding carboxylic acids is 3. The molecule has 0 radical (unpaired) electrons. The van der Waals surface area contributed by atoms with E-state index in [0.717, 1.165) is 22.0 Å². The molecule has 1 aliphatic heterocycles. The Morgan fingerprint density at radius 2 is 1.88 bits per heavy atom. The molecule has 4 rings (SSSR count). The normalized spacial score (nSPS) is 16.6. The Kier molecular flexibility index (Phi) is 6.39. The summed E-state index contributed by atoms with van der Waals surface area (Å²) in [6, 6.07) is 15.5. The summed E-state index contributed by atoms with van der Waals surface area (Å²) in [5.74, 6) is -0.874. The van der Waals surface area contributed by atoms with Gasteiger partial charge in [-0.1, -0.05) is 48.5 Å². The van der Waals surface area contributed by atoms with Crippen molar-refractivity contribution in [3.05, 3.63) is 71.9 Å². The third-order valence-electron chi connectivity index (χ3n) is 5.77. The summed E-state index contributed by atoms with van der Waals surface area (Å²) in [6.45, 7) is 0.520. The van der Waals surface area contributed by atoms with Crippen LogP contribution in [0.3, 0.4) is 0 Å². The number of likely N-dealkylation sites (tertiary alicyclic amines) is 1. The van der Waals surface area contributed by atoms with Gasteiger partial charge in [0.1, 0.15) is 18.7 Å². The molecule has 32 heavy (non-hydrogen) atoms. The molecule has 1 aromatic heterocycles. The zero-order chi connectivity index (χ0) is 22.5. The molecule has 0 bridgehead atoms. The molecule has 2 heterocycles. The number of primary amides is 1. The quantitative estimate of drug-likeness (QED) is 0.529. The van der Waals surface area contributed by atoms with Gasteiger partial charge in [-0.15, -0.1) is 0 Å². The summed E-state index contributed by atoms with van der Waals surface area (Å²) in [7, 11) is 0. The molecule has 1 aliphatic rings. The van der Waals surface area contributed by atoms with E-state index in [1.807, 2.05) is 60.8 Å². The van der Waals surface area contributed by atoms with Crippen LogP contribution in [0.15, 0.2) is 60.8 Å². The first kappa shape index (κ1) is 21.4. The fraction of sp³-hybridized carbons (Fsp3) is 0.292. The second-order valence-electron chi connectivity index (χ2n) is 7.91. The predicted octanol–water partition coefficient (Wildman–Crippen LogP) is 2.48. The molecular weight excluding hydrogens is 408 g/mol. The molecule has 166 valence electrons. The fourth-order valence-corrected chi connectivity index (χ4v) is 4.15. The van der Waals surface area contributed by atoms with Crippen LogP contribution in [0.1, 0.15) is 24.0 Å². The lowest BCUT2D eigenvalue weighted by Gasteiger charge is -2.27. The van der Waals surface area contributed by atoms with Crippen LogP contribution in [-0.4, -0.2) is 46.4 Å². The van der Waals surface area contributed by atoms with Gasteiger partial charge in [0.05, 0.1) is 0 Å². The van der Waals surface area contributed by atoms with Crippen molar-refractivity contribution in [1.29, 1.82) is 0 Å². The van der Waals surface area contributed by atoms with Gasteiger partial charge in [-0.05, 0) is 30.0 Å². The molecule has 2 atom stereocenters. The highest BCUT2D eigenvalue weighted by Crippen LogP contribution is 2.22. The van der Waals surface area contributed by atoms with Crippen molar-refractivity contribution in [2.75, 3.05) is 6.54 Å². The van der Waals surface area contributed by atoms with Crippen molar-refractivity contribution < 1.29 is 19.1 Å². The van der Waals surface area contributed by atoms with Gasteiger partial charge in [-0.25, -0.2) is 4.79 Å². The van der Waals surface area contributed by atoms with Crippen LogP contribution in [0.2, 0.25) is 0 Å². The van der Waals surface area contributed by atoms with Crippen molar-refractivity contribution in [1.82, 2.24) is 15.2 Å². The number of nitrogens with one attached hydrogen (secondary N) is 2. The minimum absolute atomic E-state index is 0.0916. The van der Waals surface area contributed by atoms with E-state index in [1.165, 1.54) is 4.90 Å². The van der Waals surface area contributed by atoms with E-state index < -0.39 is 24.1 Å². The zero-order valence-corrected chi connectivity index (χ0v) is 17.6. The van der Waals surface area contributed by atoms with Crippen LogP contribution in [-0.2, 0) is 27.4 Å². The van der Waals surface area contributed by atoms with Gasteiger partial charge >= 0.3 is 6.09 Å². The van der Waals surface area contributed by atoms with Crippen LogP contribution in [0.4, 0.5) is 4.79 Å². The number of amides is 3. The number of alkyl carbamates (subject to hydrolysis) is 1. The van der Waals surface area contributed by atoms with E-state index in [1.54, 1.807) is 0 Å². The Morgan fingerprint density at radius 3 is 2.66 bits per heavy atom. The Morgan fingerprint density at radius 1 is 1.12 bits per heavy atom. The van der Waals surface area contributed by atoms with E-state index in [4.69, 9.17) is 10.5 Å². The average Bonchev–Trinajstić information content (AvgIpc) is 3.45. The summed E-state index contributed by atoms with van der Waals surface area (Å²) in [6.07, 6.45) is 2.61. The van der Waals surface area contributed by atoms with Gasteiger partial charge in [0.2, 0.25) is 11.8 Å². The molecule has 1 fully saturated rings. The molecule has 4 N–H and O–H groups in total. The van der Waals surface area contributed by atoms with Crippen molar-refractivity contribution >= 4 is 28.8 Å². The number of benzene rings is 2. The van der Waals surface area contributed by atoms with Gasteiger partial charge in [0, 0.05) is 30.1 Å². The molecule has 2 aromatic carbocycles. The lowest BCUT2D eigenvalue weighted by atomic mass is 10.0. The maximum atomic E-state index is 13.4. The molecule has 0 aliphatic carbocycles. The highest BCUT2D eigenvalue weighted by atomic mass is 16.5. The fourth-order valence-electron chi connectivity index (χ4n) is 4.15. The lowest BCUT2D eigenvalue weighted by molar-refractivity contribution is -0.138. The van der Waals surface area contributed by atoms with Crippen LogP contribution < -0.4 is 11.1 Å². The van der Waals surface area contributed by atoms with Crippen molar-refractivity contribution in [2.24, 2.45) is 5.73 Å². The Bertz CT molecular complexity index is 1110. The Labute approximate surface area is 185 Å². The van der Waals surface area contributed by atoms with Crippen molar-refractivity contribution in [2.45, 2.75) is 38.0 Å². The number of para-hydroxylation sites is 1. The van der Waals surface area contributed by atoms with Crippen molar-refractivity contribution in [3.8, 4) is 0 Å². The first-order valence-electron chi connectivity index (χ1n) is 10.6. The summed E-state index contributed by atoms with van der Waals surface area (Å²) >= 11 is 0. The number of nitrogens with two attached hydrogens (primary N) is 1. The second-order valence-corrected chi connectivity index (χ2v) is 7.91. The van der Waals surface area contributed by atoms with Crippen molar-refractivity contribution in [3.63, 3.8) is 0 Å². The lowest BCUT2D eigenvalue weighted by Crippen LogP contribution is -2.53. The van der Waals surface area contributed by atoms with Gasteiger partial charge in [-0.3, -0.25) is 9.59 Å². The molecule has 0 saturated carbocycles. The van der Waals surface area contributed by atoms with E-state index >= 15 is 0 Å². The van der Waals surface area contributed by atoms with Gasteiger partial charge in [-0.2, -0.15) is 0 Å². The molecule has 1 saturated heterocycles. The molecular formula is C24H26N4O4. The summed E-state index contributed by atoms with van der Waals surface area (Å²) in [5, 5.41) is 3.68. The van der Waals surface area contributed by atoms with E-state index in [-0.39, 0.29) is 18.9 Å². The third kappa shape index (κ3) is 4.74. The number of hydrogen-bond donors (Lipinski definition) is 3. The average molecular weight is 434 g/mol. The highest BCUT2D eigenvalue weighted by Gasteiger charge is 2.37. The summed E-state index contributed by atoms with van der Waals surface area (Å²) in [4.78, 5) is 42.4. The van der Waals surface area contributed by atoms with E-state index in [0.29, 0.717) is 19.4 Å². The minimum atomic E-state index is -0.891. The number of H-pyrrole nitrogens is 1. The Hall–Kier alpha value is -3.81. The monoisotopic (exact) mass is 434 g/mol. The number of hydrogen-bond acceptors (Lipinski definition) is 4. The number of rotatable bonds is 7. The molecule has 3 aromatic rings. The molecule has 0 spiro atoms. The number of aromatic amines is 1. The van der Waals surface area contributed by atoms with E-state index in [9.17, 15) is 14.4 Å². The SMILES string of the molecule is NC(=O)[C@@H]1CCCN1C(=O)[C@H](Cc1c[nH]c2ccccc12)NC(=O)OCc1ccccc1. The second kappa shape index (κ2) is 9.55. The smallest absolute Gasteiger partial charge is 0.408 e. The zero-order valence-electron chi connectivity index (χ0n) is 17.6. The number of fused-ring (bicyclic) bond motifs is 1. The topological polar surface area (TPSA) is 118 Å². The van der Waals surface area contributed by atoms with Gasteiger partial charge in [0.15, 0.2) is 0 Å². The van der Waals surface area contributed by atoms with Gasteiger partial charge < -0.3 is 25.7 Å². The maximum Gasteiger partial charge on any atom is 0.408 e. The van der Waals surface area contributed by atoms with Crippen LogP contribution in [0, 0.1) is 0 Å². The number of aromatic nitrogens is 1. The standard InChI is InChI=1S/C24H26N4O4/c25-22(29)21-11-6-12-28(21)23(30)20(13-17-14-26-19-10-5-4-9-18(17)19)27-24(31)32-15-16-7-2-1-3-8-16/h1-5,7-10,14,20-21,26H,6,11-13,15H2,(H2,25,29)(H,27,31)/t20-,21-/m0/s1. The van der Waals surface area contributed by atoms with Gasteiger partial charge in [0.25, 0.3) is 0 Å². The van der Waals surface area contributed by atoms with Crippen LogP contribution in [0.25, 0.3) is 10.9 Å². The number of carbonyl (C=O) groups is 3. The Balaban J connectivity index is 1.52. The largest absolute Gasteiger partial charge is 0.445 e. The predicted molar refractivity (Wildman–Crippen MR) is 119 cm³/mol. The van der Waals surface area contributed by atoms with Crippen LogP contribution in [0.5, 0.6) is 0 Å². The third-order valence-corrected chi connectivity index (χ3v) is 5.77.